The van der Waals surface area contributed by atoms with Gasteiger partial charge in [0.05, 0.1) is 25.0 Å². The maximum atomic E-state index is 15.0. The van der Waals surface area contributed by atoms with E-state index in [1.165, 1.54) is 17.5 Å². The third kappa shape index (κ3) is 4.11. The number of hydrogen-bond acceptors (Lipinski definition) is 4. The van der Waals surface area contributed by atoms with Crippen LogP contribution in [0, 0.1) is 11.7 Å². The molecule has 1 fully saturated rings. The Kier molecular flexibility index (Phi) is 6.14. The average molecular weight is 505 g/mol. The highest BCUT2D eigenvalue weighted by atomic mass is 35.5. The van der Waals surface area contributed by atoms with Crippen LogP contribution < -0.4 is 4.74 Å². The van der Waals surface area contributed by atoms with Crippen LogP contribution in [0.1, 0.15) is 31.0 Å². The zero-order valence-corrected chi connectivity index (χ0v) is 20.6. The Morgan fingerprint density at radius 2 is 1.76 bits per heavy atom. The first-order chi connectivity index (χ1) is 16.3. The van der Waals surface area contributed by atoms with Crippen molar-refractivity contribution in [3.05, 3.63) is 64.6 Å². The summed E-state index contributed by atoms with van der Waals surface area (Å²) in [4.78, 5) is 0. The summed E-state index contributed by atoms with van der Waals surface area (Å²) in [5.41, 5.74) is 3.08. The fourth-order valence-corrected chi connectivity index (χ4v) is 6.30. The fraction of sp³-hybridized carbons (Fsp3) is 0.375. The second-order valence-corrected chi connectivity index (χ2v) is 11.2. The van der Waals surface area contributed by atoms with Crippen LogP contribution >= 0.6 is 11.6 Å². The molecule has 10 heteroatoms. The molecule has 2 aliphatic heterocycles. The van der Waals surface area contributed by atoms with Crippen molar-refractivity contribution in [3.8, 4) is 22.7 Å². The molecule has 0 saturated carbocycles. The van der Waals surface area contributed by atoms with Crippen molar-refractivity contribution in [1.82, 2.24) is 18.4 Å². The molecule has 1 saturated heterocycles. The highest BCUT2D eigenvalue weighted by molar-refractivity contribution is 7.86. The maximum absolute atomic E-state index is 15.0. The minimum Gasteiger partial charge on any atom is -0.497 e. The lowest BCUT2D eigenvalue weighted by molar-refractivity contribution is 0.264. The molecule has 0 unspecified atom stereocenters. The average Bonchev–Trinajstić information content (AvgIpc) is 3.39. The first-order valence-corrected chi connectivity index (χ1v) is 13.0. The van der Waals surface area contributed by atoms with Crippen LogP contribution in [0.4, 0.5) is 4.39 Å². The van der Waals surface area contributed by atoms with Crippen LogP contribution in [-0.4, -0.2) is 47.0 Å². The van der Waals surface area contributed by atoms with E-state index < -0.39 is 16.0 Å². The Morgan fingerprint density at radius 1 is 1.06 bits per heavy atom. The number of hydrogen-bond donors (Lipinski definition) is 0. The topological polar surface area (TPSA) is 67.7 Å². The molecule has 5 rings (SSSR count). The molecule has 2 aliphatic rings. The summed E-state index contributed by atoms with van der Waals surface area (Å²) in [5.74, 6) is 0.450. The molecule has 3 aromatic rings. The van der Waals surface area contributed by atoms with Gasteiger partial charge in [0.15, 0.2) is 5.82 Å². The number of rotatable bonds is 5. The Morgan fingerprint density at radius 3 is 2.41 bits per heavy atom. The molecule has 0 atom stereocenters. The Hall–Kier alpha value is -2.46. The number of aromatic nitrogens is 2. The van der Waals surface area contributed by atoms with Crippen molar-refractivity contribution < 1.29 is 17.5 Å². The van der Waals surface area contributed by atoms with Gasteiger partial charge in [0, 0.05) is 41.9 Å². The van der Waals surface area contributed by atoms with Gasteiger partial charge in [-0.05, 0) is 43.0 Å². The van der Waals surface area contributed by atoms with Crippen LogP contribution in [0.3, 0.4) is 0 Å². The van der Waals surface area contributed by atoms with E-state index >= 15 is 4.39 Å². The van der Waals surface area contributed by atoms with Crippen LogP contribution in [0.2, 0.25) is 5.02 Å². The van der Waals surface area contributed by atoms with Crippen molar-refractivity contribution >= 4 is 21.8 Å². The normalized spacial score (nSPS) is 17.8. The minimum absolute atomic E-state index is 0.148. The molecular formula is C24H26ClFN4O3S. The van der Waals surface area contributed by atoms with Gasteiger partial charge in [-0.3, -0.25) is 0 Å². The quantitative estimate of drug-likeness (QED) is 0.508. The van der Waals surface area contributed by atoms with Crippen molar-refractivity contribution in [2.75, 3.05) is 20.2 Å². The van der Waals surface area contributed by atoms with Crippen molar-refractivity contribution in [3.63, 3.8) is 0 Å². The third-order valence-corrected chi connectivity index (χ3v) is 8.80. The molecule has 0 spiro atoms. The van der Waals surface area contributed by atoms with Gasteiger partial charge in [0.25, 0.3) is 10.2 Å². The summed E-state index contributed by atoms with van der Waals surface area (Å²) >= 11 is 6.10. The Balaban J connectivity index is 1.55. The van der Waals surface area contributed by atoms with E-state index in [0.717, 1.165) is 24.0 Å². The Labute approximate surface area is 203 Å². The van der Waals surface area contributed by atoms with Crippen molar-refractivity contribution in [2.24, 2.45) is 5.92 Å². The number of halogens is 2. The molecule has 3 heterocycles. The van der Waals surface area contributed by atoms with Crippen LogP contribution in [0.25, 0.3) is 16.9 Å². The predicted octanol–water partition coefficient (Wildman–Crippen LogP) is 4.63. The largest absolute Gasteiger partial charge is 0.497 e. The summed E-state index contributed by atoms with van der Waals surface area (Å²) in [5, 5.41) is 5.25. The smallest absolute Gasteiger partial charge is 0.282 e. The number of ether oxygens (including phenoxy) is 1. The number of fused-ring (bicyclic) bond motifs is 1. The van der Waals surface area contributed by atoms with Gasteiger partial charge >= 0.3 is 0 Å². The summed E-state index contributed by atoms with van der Waals surface area (Å²) in [6.07, 6.45) is 1.72. The van der Waals surface area contributed by atoms with Crippen molar-refractivity contribution in [2.45, 2.75) is 32.9 Å². The van der Waals surface area contributed by atoms with E-state index in [9.17, 15) is 8.42 Å². The van der Waals surface area contributed by atoms with E-state index in [1.807, 2.05) is 12.1 Å². The highest BCUT2D eigenvalue weighted by Crippen LogP contribution is 2.38. The van der Waals surface area contributed by atoms with Crippen LogP contribution in [0.5, 0.6) is 5.75 Å². The highest BCUT2D eigenvalue weighted by Gasteiger charge is 2.39. The van der Waals surface area contributed by atoms with Gasteiger partial charge in [-0.25, -0.2) is 9.07 Å². The van der Waals surface area contributed by atoms with E-state index in [4.69, 9.17) is 16.3 Å². The molecule has 0 bridgehead atoms. The first-order valence-electron chi connectivity index (χ1n) is 11.2. The molecule has 0 amide bonds. The third-order valence-electron chi connectivity index (χ3n) is 6.62. The van der Waals surface area contributed by atoms with Crippen molar-refractivity contribution in [1.29, 1.82) is 0 Å². The van der Waals surface area contributed by atoms with E-state index in [0.29, 0.717) is 41.2 Å². The van der Waals surface area contributed by atoms with Crippen LogP contribution in [-0.2, 0) is 23.3 Å². The zero-order valence-electron chi connectivity index (χ0n) is 19.0. The number of methoxy groups -OCH3 is 1. The van der Waals surface area contributed by atoms with Gasteiger partial charge in [-0.1, -0.05) is 30.7 Å². The second kappa shape index (κ2) is 8.96. The summed E-state index contributed by atoms with van der Waals surface area (Å²) < 4.78 is 51.4. The minimum atomic E-state index is -3.62. The number of piperidine rings is 1. The zero-order chi connectivity index (χ0) is 24.0. The molecule has 34 heavy (non-hydrogen) atoms. The molecule has 2 aromatic carbocycles. The lowest BCUT2D eigenvalue weighted by atomic mass is 10.0. The van der Waals surface area contributed by atoms with E-state index in [1.54, 1.807) is 33.3 Å². The van der Waals surface area contributed by atoms with Gasteiger partial charge in [-0.15, -0.1) is 0 Å². The maximum Gasteiger partial charge on any atom is 0.282 e. The lowest BCUT2D eigenvalue weighted by Crippen LogP contribution is -2.45. The first kappa shape index (κ1) is 23.3. The molecule has 180 valence electrons. The Bertz CT molecular complexity index is 1320. The monoisotopic (exact) mass is 504 g/mol. The predicted molar refractivity (Wildman–Crippen MR) is 129 cm³/mol. The standard InChI is InChI=1S/C24H26ClFN4O3S/c1-16-9-11-28(12-10-16)34(31,32)29-14-20-22(15-29)27-30(23-8-7-19(33-2)13-21(23)26)24(20)17-3-5-18(25)6-4-17/h3-8,13,16H,9-12,14-15H2,1-2H3. The summed E-state index contributed by atoms with van der Waals surface area (Å²) in [6.45, 7) is 3.53. The summed E-state index contributed by atoms with van der Waals surface area (Å²) in [7, 11) is -2.14. The molecule has 0 radical (unpaired) electrons. The molecule has 0 aliphatic carbocycles. The molecule has 7 nitrogen and oxygen atoms in total. The molecule has 0 N–H and O–H groups in total. The molecular weight excluding hydrogens is 479 g/mol. The number of benzene rings is 2. The van der Waals surface area contributed by atoms with E-state index in [2.05, 4.69) is 12.0 Å². The van der Waals surface area contributed by atoms with Gasteiger partial charge in [0.1, 0.15) is 11.4 Å². The number of nitrogens with zero attached hydrogens (tertiary/aromatic N) is 4. The SMILES string of the molecule is COc1ccc(-n2nc3c(c2-c2ccc(Cl)cc2)CN(S(=O)(=O)N2CCC(C)CC2)C3)c(F)c1. The fourth-order valence-electron chi connectivity index (χ4n) is 4.60. The van der Waals surface area contributed by atoms with Gasteiger partial charge < -0.3 is 4.74 Å². The lowest BCUT2D eigenvalue weighted by Gasteiger charge is -2.32. The second-order valence-electron chi connectivity index (χ2n) is 8.87. The van der Waals surface area contributed by atoms with Gasteiger partial charge in [0.2, 0.25) is 0 Å². The van der Waals surface area contributed by atoms with Crippen LogP contribution in [0.15, 0.2) is 42.5 Å². The molecule has 1 aromatic heterocycles. The summed E-state index contributed by atoms with van der Waals surface area (Å²) in [6, 6.07) is 11.8. The van der Waals surface area contributed by atoms with E-state index in [-0.39, 0.29) is 18.8 Å². The van der Waals surface area contributed by atoms with Gasteiger partial charge in [-0.2, -0.15) is 22.1 Å².